The van der Waals surface area contributed by atoms with Crippen LogP contribution in [0.3, 0.4) is 0 Å². The van der Waals surface area contributed by atoms with Crippen LogP contribution in [0.4, 0.5) is 0 Å². The second-order valence-corrected chi connectivity index (χ2v) is 4.48. The van der Waals surface area contributed by atoms with Crippen molar-refractivity contribution < 1.29 is 9.53 Å². The Bertz CT molecular complexity index is 361. The van der Waals surface area contributed by atoms with Crippen LogP contribution in [0.15, 0.2) is 12.4 Å². The number of rotatable bonds is 2. The topological polar surface area (TPSA) is 52.1 Å². The van der Waals surface area contributed by atoms with E-state index in [9.17, 15) is 4.79 Å². The molecular formula is C10H13ClN2O2. The van der Waals surface area contributed by atoms with Crippen molar-refractivity contribution in [3.8, 4) is 0 Å². The van der Waals surface area contributed by atoms with Gasteiger partial charge in [-0.05, 0) is 20.8 Å². The molecule has 0 radical (unpaired) electrons. The van der Waals surface area contributed by atoms with Crippen LogP contribution in [-0.2, 0) is 16.0 Å². The monoisotopic (exact) mass is 228 g/mol. The fourth-order valence-electron chi connectivity index (χ4n) is 0.990. The fraction of sp³-hybridized carbons (Fsp3) is 0.500. The van der Waals surface area contributed by atoms with Gasteiger partial charge in [-0.1, -0.05) is 11.6 Å². The van der Waals surface area contributed by atoms with E-state index in [1.165, 1.54) is 12.4 Å². The van der Waals surface area contributed by atoms with Crippen molar-refractivity contribution >= 4 is 17.6 Å². The van der Waals surface area contributed by atoms with Gasteiger partial charge in [0.2, 0.25) is 0 Å². The fourth-order valence-corrected chi connectivity index (χ4v) is 1.16. The maximum absolute atomic E-state index is 11.4. The van der Waals surface area contributed by atoms with Crippen LogP contribution in [0.25, 0.3) is 0 Å². The van der Waals surface area contributed by atoms with Crippen LogP contribution in [0.1, 0.15) is 26.5 Å². The van der Waals surface area contributed by atoms with Crippen molar-refractivity contribution in [1.82, 2.24) is 9.97 Å². The Morgan fingerprint density at radius 2 is 2.13 bits per heavy atom. The number of halogens is 1. The Hall–Kier alpha value is -1.16. The molecule has 0 spiro atoms. The van der Waals surface area contributed by atoms with Gasteiger partial charge >= 0.3 is 5.97 Å². The summed E-state index contributed by atoms with van der Waals surface area (Å²) in [6, 6.07) is 0. The van der Waals surface area contributed by atoms with Crippen LogP contribution in [-0.4, -0.2) is 21.5 Å². The minimum Gasteiger partial charge on any atom is -0.460 e. The highest BCUT2D eigenvalue weighted by Gasteiger charge is 2.17. The molecule has 0 aliphatic heterocycles. The average molecular weight is 229 g/mol. The number of esters is 1. The Kier molecular flexibility index (Phi) is 3.63. The first-order valence-electron chi connectivity index (χ1n) is 4.55. The third kappa shape index (κ3) is 4.74. The van der Waals surface area contributed by atoms with Crippen LogP contribution in [0, 0.1) is 0 Å². The van der Waals surface area contributed by atoms with E-state index in [0.717, 1.165) is 0 Å². The molecule has 0 saturated carbocycles. The third-order valence-electron chi connectivity index (χ3n) is 1.40. The summed E-state index contributed by atoms with van der Waals surface area (Å²) in [5.41, 5.74) is 0.0278. The summed E-state index contributed by atoms with van der Waals surface area (Å²) in [4.78, 5) is 19.2. The number of hydrogen-bond acceptors (Lipinski definition) is 4. The molecule has 0 atom stereocenters. The largest absolute Gasteiger partial charge is 0.460 e. The molecule has 1 aromatic rings. The highest BCUT2D eigenvalue weighted by Crippen LogP contribution is 2.09. The molecule has 0 bridgehead atoms. The molecule has 1 aromatic heterocycles. The van der Waals surface area contributed by atoms with Crippen molar-refractivity contribution in [3.05, 3.63) is 23.2 Å². The van der Waals surface area contributed by atoms with Gasteiger partial charge in [0.15, 0.2) is 0 Å². The predicted octanol–water partition coefficient (Wildman–Crippen LogP) is 2.01. The first kappa shape index (κ1) is 11.9. The zero-order chi connectivity index (χ0) is 11.5. The molecule has 0 saturated heterocycles. The molecule has 0 amide bonds. The molecule has 0 unspecified atom stereocenters. The van der Waals surface area contributed by atoms with E-state index >= 15 is 0 Å². The average Bonchev–Trinajstić information content (AvgIpc) is 1.99. The van der Waals surface area contributed by atoms with E-state index in [1.54, 1.807) is 0 Å². The molecule has 5 heteroatoms. The molecule has 4 nitrogen and oxygen atoms in total. The second kappa shape index (κ2) is 4.57. The van der Waals surface area contributed by atoms with E-state index < -0.39 is 5.60 Å². The third-order valence-corrected chi connectivity index (χ3v) is 1.58. The normalized spacial score (nSPS) is 11.2. The van der Waals surface area contributed by atoms with Crippen LogP contribution < -0.4 is 0 Å². The number of hydrogen-bond donors (Lipinski definition) is 0. The standard InChI is InChI=1S/C10H13ClN2O2/c1-10(2,3)15-9(14)4-7-5-12-6-8(11)13-7/h5-6H,4H2,1-3H3. The van der Waals surface area contributed by atoms with Gasteiger partial charge in [0.1, 0.15) is 10.8 Å². The highest BCUT2D eigenvalue weighted by atomic mass is 35.5. The lowest BCUT2D eigenvalue weighted by atomic mass is 10.2. The first-order valence-corrected chi connectivity index (χ1v) is 4.93. The van der Waals surface area contributed by atoms with Gasteiger partial charge in [-0.15, -0.1) is 0 Å². The smallest absolute Gasteiger partial charge is 0.312 e. The Morgan fingerprint density at radius 1 is 1.47 bits per heavy atom. The number of nitrogens with zero attached hydrogens (tertiary/aromatic N) is 2. The lowest BCUT2D eigenvalue weighted by Crippen LogP contribution is -2.25. The number of carbonyl (C=O) groups is 1. The summed E-state index contributed by atoms with van der Waals surface area (Å²) in [5, 5.41) is 0.274. The van der Waals surface area contributed by atoms with Gasteiger partial charge in [0.25, 0.3) is 0 Å². The summed E-state index contributed by atoms with van der Waals surface area (Å²) in [7, 11) is 0. The van der Waals surface area contributed by atoms with Gasteiger partial charge in [-0.25, -0.2) is 4.98 Å². The van der Waals surface area contributed by atoms with Gasteiger partial charge < -0.3 is 4.74 Å². The van der Waals surface area contributed by atoms with E-state index in [1.807, 2.05) is 20.8 Å². The van der Waals surface area contributed by atoms with Gasteiger partial charge in [0, 0.05) is 6.20 Å². The number of ether oxygens (including phenoxy) is 1. The van der Waals surface area contributed by atoms with E-state index in [2.05, 4.69) is 9.97 Å². The molecule has 0 aromatic carbocycles. The zero-order valence-corrected chi connectivity index (χ0v) is 9.71. The molecular weight excluding hydrogens is 216 g/mol. The van der Waals surface area contributed by atoms with E-state index in [-0.39, 0.29) is 17.5 Å². The Morgan fingerprint density at radius 3 is 2.67 bits per heavy atom. The lowest BCUT2D eigenvalue weighted by Gasteiger charge is -2.19. The minimum atomic E-state index is -0.483. The molecule has 0 aliphatic rings. The summed E-state index contributed by atoms with van der Waals surface area (Å²) < 4.78 is 5.13. The van der Waals surface area contributed by atoms with Gasteiger partial charge in [-0.3, -0.25) is 9.78 Å². The van der Waals surface area contributed by atoms with Crippen molar-refractivity contribution in [2.45, 2.75) is 32.8 Å². The Labute approximate surface area is 93.6 Å². The molecule has 82 valence electrons. The van der Waals surface area contributed by atoms with Gasteiger partial charge in [-0.2, -0.15) is 0 Å². The molecule has 1 rings (SSSR count). The number of aromatic nitrogens is 2. The zero-order valence-electron chi connectivity index (χ0n) is 8.95. The summed E-state index contributed by atoms with van der Waals surface area (Å²) >= 11 is 5.64. The molecule has 15 heavy (non-hydrogen) atoms. The lowest BCUT2D eigenvalue weighted by molar-refractivity contribution is -0.154. The molecule has 0 N–H and O–H groups in total. The minimum absolute atomic E-state index is 0.0881. The van der Waals surface area contributed by atoms with Crippen LogP contribution in [0.5, 0.6) is 0 Å². The first-order chi connectivity index (χ1) is 6.87. The summed E-state index contributed by atoms with van der Waals surface area (Å²) in [6.45, 7) is 5.44. The van der Waals surface area contributed by atoms with Crippen LogP contribution >= 0.6 is 11.6 Å². The quantitative estimate of drug-likeness (QED) is 0.727. The highest BCUT2D eigenvalue weighted by molar-refractivity contribution is 6.29. The van der Waals surface area contributed by atoms with E-state index in [0.29, 0.717) is 5.69 Å². The van der Waals surface area contributed by atoms with Crippen molar-refractivity contribution in [2.75, 3.05) is 0 Å². The van der Waals surface area contributed by atoms with Crippen molar-refractivity contribution in [3.63, 3.8) is 0 Å². The summed E-state index contributed by atoms with van der Waals surface area (Å²) in [6.07, 6.45) is 3.00. The Balaban J connectivity index is 2.59. The number of carbonyl (C=O) groups excluding carboxylic acids is 1. The maximum atomic E-state index is 11.4. The maximum Gasteiger partial charge on any atom is 0.312 e. The summed E-state index contributed by atoms with van der Waals surface area (Å²) in [5.74, 6) is -0.334. The molecule has 1 heterocycles. The predicted molar refractivity (Wildman–Crippen MR) is 56.6 cm³/mol. The van der Waals surface area contributed by atoms with Crippen LogP contribution in [0.2, 0.25) is 5.15 Å². The van der Waals surface area contributed by atoms with E-state index in [4.69, 9.17) is 16.3 Å². The van der Waals surface area contributed by atoms with Gasteiger partial charge in [0.05, 0.1) is 18.3 Å². The van der Waals surface area contributed by atoms with Crippen molar-refractivity contribution in [1.29, 1.82) is 0 Å². The molecule has 0 fully saturated rings. The van der Waals surface area contributed by atoms with Crippen molar-refractivity contribution in [2.24, 2.45) is 0 Å². The SMILES string of the molecule is CC(C)(C)OC(=O)Cc1cncc(Cl)n1. The second-order valence-electron chi connectivity index (χ2n) is 4.10. The molecule has 0 aliphatic carbocycles.